The predicted octanol–water partition coefficient (Wildman–Crippen LogP) is 4.23. The van der Waals surface area contributed by atoms with E-state index in [0.717, 1.165) is 5.01 Å². The molecular formula is C22H20ClN5O3S. The summed E-state index contributed by atoms with van der Waals surface area (Å²) in [5, 5.41) is 10.2. The highest BCUT2D eigenvalue weighted by atomic mass is 35.5. The highest BCUT2D eigenvalue weighted by Gasteiger charge is 2.09. The van der Waals surface area contributed by atoms with Crippen LogP contribution < -0.4 is 14.8 Å². The summed E-state index contributed by atoms with van der Waals surface area (Å²) in [4.78, 5) is 20.8. The monoisotopic (exact) mass is 469 g/mol. The summed E-state index contributed by atoms with van der Waals surface area (Å²) in [5.41, 5.74) is 1.36. The Hall–Kier alpha value is -3.43. The van der Waals surface area contributed by atoms with Gasteiger partial charge in [0, 0.05) is 22.2 Å². The Morgan fingerprint density at radius 3 is 2.81 bits per heavy atom. The molecule has 2 aromatic carbocycles. The van der Waals surface area contributed by atoms with Crippen molar-refractivity contribution in [1.29, 1.82) is 0 Å². The lowest BCUT2D eigenvalue weighted by Crippen LogP contribution is -2.15. The second-order valence-corrected chi connectivity index (χ2v) is 8.11. The SMILES string of the molecule is O=C(Cc1csc(COc2ccc(Cl)cc2)n1)Nc1cccc(OCCn2cncn2)c1. The van der Waals surface area contributed by atoms with Crippen LogP contribution in [0.5, 0.6) is 11.5 Å². The molecule has 0 saturated heterocycles. The molecule has 10 heteroatoms. The van der Waals surface area contributed by atoms with Gasteiger partial charge in [0.1, 0.15) is 42.4 Å². The van der Waals surface area contributed by atoms with Gasteiger partial charge in [-0.3, -0.25) is 4.79 Å². The number of benzene rings is 2. The second-order valence-electron chi connectivity index (χ2n) is 6.73. The van der Waals surface area contributed by atoms with E-state index in [-0.39, 0.29) is 12.3 Å². The number of thiazole rings is 1. The summed E-state index contributed by atoms with van der Waals surface area (Å²) in [6, 6.07) is 14.4. The zero-order valence-electron chi connectivity index (χ0n) is 17.0. The van der Waals surface area contributed by atoms with E-state index in [1.54, 1.807) is 41.3 Å². The standard InChI is InChI=1S/C22H20ClN5O3S/c23-16-4-6-19(7-5-16)31-12-22-27-18(13-32-22)11-21(29)26-17-2-1-3-20(10-17)30-9-8-28-15-24-14-25-28/h1-7,10,13-15H,8-9,11-12H2,(H,26,29). The van der Waals surface area contributed by atoms with Gasteiger partial charge in [-0.25, -0.2) is 14.6 Å². The van der Waals surface area contributed by atoms with Crippen molar-refractivity contribution in [3.8, 4) is 11.5 Å². The van der Waals surface area contributed by atoms with E-state index in [4.69, 9.17) is 21.1 Å². The van der Waals surface area contributed by atoms with Crippen molar-refractivity contribution in [2.24, 2.45) is 0 Å². The van der Waals surface area contributed by atoms with Crippen LogP contribution in [-0.2, 0) is 24.4 Å². The van der Waals surface area contributed by atoms with Gasteiger partial charge in [-0.2, -0.15) is 5.10 Å². The fraction of sp³-hybridized carbons (Fsp3) is 0.182. The second kappa shape index (κ2) is 10.7. The van der Waals surface area contributed by atoms with E-state index in [2.05, 4.69) is 20.4 Å². The Bertz CT molecular complexity index is 1150. The normalized spacial score (nSPS) is 10.7. The van der Waals surface area contributed by atoms with Gasteiger partial charge in [-0.1, -0.05) is 17.7 Å². The summed E-state index contributed by atoms with van der Waals surface area (Å²) < 4.78 is 13.1. The number of nitrogens with zero attached hydrogens (tertiary/aromatic N) is 4. The van der Waals surface area contributed by atoms with Crippen LogP contribution in [0.15, 0.2) is 66.6 Å². The molecule has 1 amide bonds. The highest BCUT2D eigenvalue weighted by molar-refractivity contribution is 7.09. The molecule has 1 N–H and O–H groups in total. The summed E-state index contributed by atoms with van der Waals surface area (Å²) in [5.74, 6) is 1.23. The Balaban J connectivity index is 1.24. The number of aromatic nitrogens is 4. The van der Waals surface area contributed by atoms with Crippen molar-refractivity contribution in [1.82, 2.24) is 19.7 Å². The third kappa shape index (κ3) is 6.53. The molecule has 0 saturated carbocycles. The number of ether oxygens (including phenoxy) is 2. The topological polar surface area (TPSA) is 91.2 Å². The van der Waals surface area contributed by atoms with Crippen LogP contribution in [0.2, 0.25) is 5.02 Å². The molecule has 0 aliphatic heterocycles. The number of amides is 1. The quantitative estimate of drug-likeness (QED) is 0.374. The predicted molar refractivity (Wildman–Crippen MR) is 122 cm³/mol. The van der Waals surface area contributed by atoms with Gasteiger partial charge in [-0.15, -0.1) is 11.3 Å². The Labute approximate surface area is 193 Å². The number of rotatable bonds is 10. The summed E-state index contributed by atoms with van der Waals surface area (Å²) in [7, 11) is 0. The maximum absolute atomic E-state index is 12.4. The lowest BCUT2D eigenvalue weighted by Gasteiger charge is -2.09. The number of hydrogen-bond donors (Lipinski definition) is 1. The third-order valence-electron chi connectivity index (χ3n) is 4.29. The molecule has 4 aromatic rings. The third-order valence-corrected chi connectivity index (χ3v) is 5.41. The number of halogens is 1. The minimum atomic E-state index is -0.153. The molecule has 0 aliphatic rings. The first kappa shape index (κ1) is 21.8. The first-order chi connectivity index (χ1) is 15.6. The maximum atomic E-state index is 12.4. The summed E-state index contributed by atoms with van der Waals surface area (Å²) in [6.07, 6.45) is 3.29. The molecule has 32 heavy (non-hydrogen) atoms. The van der Waals surface area contributed by atoms with Gasteiger partial charge in [0.2, 0.25) is 5.91 Å². The lowest BCUT2D eigenvalue weighted by atomic mass is 10.2. The van der Waals surface area contributed by atoms with Crippen LogP contribution in [-0.4, -0.2) is 32.3 Å². The summed E-state index contributed by atoms with van der Waals surface area (Å²) >= 11 is 7.33. The van der Waals surface area contributed by atoms with Crippen molar-refractivity contribution in [3.05, 3.63) is 82.3 Å². The molecule has 2 heterocycles. The first-order valence-corrected chi connectivity index (χ1v) is 11.1. The van der Waals surface area contributed by atoms with Gasteiger partial charge < -0.3 is 14.8 Å². The molecule has 0 bridgehead atoms. The minimum absolute atomic E-state index is 0.153. The van der Waals surface area contributed by atoms with E-state index in [0.29, 0.717) is 47.7 Å². The van der Waals surface area contributed by atoms with Crippen LogP contribution in [0.1, 0.15) is 10.7 Å². The van der Waals surface area contributed by atoms with Gasteiger partial charge in [0.05, 0.1) is 18.7 Å². The van der Waals surface area contributed by atoms with Gasteiger partial charge in [0.15, 0.2) is 0 Å². The van der Waals surface area contributed by atoms with Crippen molar-refractivity contribution in [2.45, 2.75) is 19.6 Å². The minimum Gasteiger partial charge on any atom is -0.492 e. The van der Waals surface area contributed by atoms with E-state index >= 15 is 0 Å². The smallest absolute Gasteiger partial charge is 0.230 e. The van der Waals surface area contributed by atoms with Crippen molar-refractivity contribution in [2.75, 3.05) is 11.9 Å². The zero-order valence-corrected chi connectivity index (χ0v) is 18.6. The Morgan fingerprint density at radius 1 is 1.12 bits per heavy atom. The molecule has 4 rings (SSSR count). The zero-order chi connectivity index (χ0) is 22.2. The number of nitrogens with one attached hydrogen (secondary N) is 1. The van der Waals surface area contributed by atoms with E-state index in [9.17, 15) is 4.79 Å². The largest absolute Gasteiger partial charge is 0.492 e. The lowest BCUT2D eigenvalue weighted by molar-refractivity contribution is -0.115. The van der Waals surface area contributed by atoms with Gasteiger partial charge in [-0.05, 0) is 36.4 Å². The molecule has 8 nitrogen and oxygen atoms in total. The van der Waals surface area contributed by atoms with Crippen LogP contribution >= 0.6 is 22.9 Å². The molecule has 164 valence electrons. The maximum Gasteiger partial charge on any atom is 0.230 e. The Kier molecular flexibility index (Phi) is 7.31. The van der Waals surface area contributed by atoms with E-state index in [1.807, 2.05) is 23.6 Å². The molecule has 0 unspecified atom stereocenters. The average molecular weight is 470 g/mol. The molecule has 2 aromatic heterocycles. The number of carbonyl (C=O) groups is 1. The average Bonchev–Trinajstić information content (AvgIpc) is 3.46. The number of anilines is 1. The van der Waals surface area contributed by atoms with Crippen LogP contribution in [0.3, 0.4) is 0 Å². The van der Waals surface area contributed by atoms with Crippen LogP contribution in [0.25, 0.3) is 0 Å². The number of carbonyl (C=O) groups excluding carboxylic acids is 1. The molecule has 0 aliphatic carbocycles. The van der Waals surface area contributed by atoms with Gasteiger partial charge >= 0.3 is 0 Å². The van der Waals surface area contributed by atoms with Crippen LogP contribution in [0.4, 0.5) is 5.69 Å². The van der Waals surface area contributed by atoms with Gasteiger partial charge in [0.25, 0.3) is 0 Å². The first-order valence-electron chi connectivity index (χ1n) is 9.81. The molecule has 0 radical (unpaired) electrons. The van der Waals surface area contributed by atoms with Crippen LogP contribution in [0, 0.1) is 0 Å². The molecule has 0 spiro atoms. The highest BCUT2D eigenvalue weighted by Crippen LogP contribution is 2.20. The van der Waals surface area contributed by atoms with E-state index in [1.165, 1.54) is 17.7 Å². The van der Waals surface area contributed by atoms with Crippen molar-refractivity contribution in [3.63, 3.8) is 0 Å². The van der Waals surface area contributed by atoms with Crippen molar-refractivity contribution >= 4 is 34.5 Å². The number of hydrogen-bond acceptors (Lipinski definition) is 7. The Morgan fingerprint density at radius 2 is 2.00 bits per heavy atom. The summed E-state index contributed by atoms with van der Waals surface area (Å²) in [6.45, 7) is 1.37. The molecule has 0 fully saturated rings. The fourth-order valence-electron chi connectivity index (χ4n) is 2.81. The molecule has 0 atom stereocenters. The van der Waals surface area contributed by atoms with Crippen molar-refractivity contribution < 1.29 is 14.3 Å². The van der Waals surface area contributed by atoms with E-state index < -0.39 is 0 Å². The molecular weight excluding hydrogens is 450 g/mol. The fourth-order valence-corrected chi connectivity index (χ4v) is 3.64.